The van der Waals surface area contributed by atoms with E-state index in [4.69, 9.17) is 0 Å². The SMILES string of the molecule is CCC(CC)(CNC)C1CCCCCC1. The van der Waals surface area contributed by atoms with Gasteiger partial charge in [0.25, 0.3) is 0 Å². The van der Waals surface area contributed by atoms with Gasteiger partial charge in [-0.1, -0.05) is 39.5 Å². The van der Waals surface area contributed by atoms with Crippen molar-refractivity contribution in [2.24, 2.45) is 11.3 Å². The van der Waals surface area contributed by atoms with Crippen LogP contribution in [-0.2, 0) is 0 Å². The molecule has 15 heavy (non-hydrogen) atoms. The summed E-state index contributed by atoms with van der Waals surface area (Å²) in [7, 11) is 2.11. The highest BCUT2D eigenvalue weighted by Crippen LogP contribution is 2.42. The average Bonchev–Trinajstić information content (AvgIpc) is 2.55. The van der Waals surface area contributed by atoms with Crippen LogP contribution in [0.4, 0.5) is 0 Å². The van der Waals surface area contributed by atoms with Crippen LogP contribution in [0.25, 0.3) is 0 Å². The van der Waals surface area contributed by atoms with Crippen LogP contribution < -0.4 is 5.32 Å². The van der Waals surface area contributed by atoms with Crippen molar-refractivity contribution in [3.8, 4) is 0 Å². The minimum atomic E-state index is 0.582. The van der Waals surface area contributed by atoms with Crippen molar-refractivity contribution < 1.29 is 0 Å². The van der Waals surface area contributed by atoms with Crippen LogP contribution in [0, 0.1) is 11.3 Å². The highest BCUT2D eigenvalue weighted by Gasteiger charge is 2.34. The molecule has 0 spiro atoms. The summed E-state index contributed by atoms with van der Waals surface area (Å²) in [4.78, 5) is 0. The summed E-state index contributed by atoms with van der Waals surface area (Å²) in [5.41, 5.74) is 0.582. The molecule has 0 aromatic heterocycles. The van der Waals surface area contributed by atoms with Crippen molar-refractivity contribution in [3.63, 3.8) is 0 Å². The number of rotatable bonds is 5. The molecule has 0 radical (unpaired) electrons. The van der Waals surface area contributed by atoms with E-state index in [0.717, 1.165) is 5.92 Å². The molecule has 1 fully saturated rings. The lowest BCUT2D eigenvalue weighted by Crippen LogP contribution is -2.38. The first kappa shape index (κ1) is 13.0. The van der Waals surface area contributed by atoms with Crippen LogP contribution in [0.5, 0.6) is 0 Å². The monoisotopic (exact) mass is 211 g/mol. The van der Waals surface area contributed by atoms with E-state index in [2.05, 4.69) is 26.2 Å². The van der Waals surface area contributed by atoms with Gasteiger partial charge in [-0.3, -0.25) is 0 Å². The third kappa shape index (κ3) is 3.21. The molecule has 1 N–H and O–H groups in total. The van der Waals surface area contributed by atoms with Gasteiger partial charge >= 0.3 is 0 Å². The van der Waals surface area contributed by atoms with E-state index in [1.165, 1.54) is 57.9 Å². The van der Waals surface area contributed by atoms with Gasteiger partial charge in [-0.2, -0.15) is 0 Å². The number of nitrogens with one attached hydrogen (secondary N) is 1. The highest BCUT2D eigenvalue weighted by atomic mass is 14.8. The second-order valence-corrected chi connectivity index (χ2v) is 5.29. The van der Waals surface area contributed by atoms with Crippen LogP contribution >= 0.6 is 0 Å². The van der Waals surface area contributed by atoms with Gasteiger partial charge in [0.1, 0.15) is 0 Å². The van der Waals surface area contributed by atoms with E-state index in [1.54, 1.807) is 0 Å². The topological polar surface area (TPSA) is 12.0 Å². The van der Waals surface area contributed by atoms with E-state index in [9.17, 15) is 0 Å². The summed E-state index contributed by atoms with van der Waals surface area (Å²) in [5.74, 6) is 0.974. The van der Waals surface area contributed by atoms with Gasteiger partial charge in [0.15, 0.2) is 0 Å². The molecular formula is C14H29N. The largest absolute Gasteiger partial charge is 0.319 e. The molecule has 1 heteroatoms. The summed E-state index contributed by atoms with van der Waals surface area (Å²) in [5, 5.41) is 3.43. The quantitative estimate of drug-likeness (QED) is 0.678. The lowest BCUT2D eigenvalue weighted by molar-refractivity contribution is 0.125. The molecule has 0 bridgehead atoms. The Morgan fingerprint density at radius 1 is 1.00 bits per heavy atom. The summed E-state index contributed by atoms with van der Waals surface area (Å²) >= 11 is 0. The fourth-order valence-electron chi connectivity index (χ4n) is 3.47. The first-order valence-corrected chi connectivity index (χ1v) is 6.93. The van der Waals surface area contributed by atoms with Gasteiger partial charge in [-0.15, -0.1) is 0 Å². The van der Waals surface area contributed by atoms with Crippen LogP contribution in [-0.4, -0.2) is 13.6 Å². The van der Waals surface area contributed by atoms with Gasteiger partial charge in [0.05, 0.1) is 0 Å². The van der Waals surface area contributed by atoms with Crippen molar-refractivity contribution in [3.05, 3.63) is 0 Å². The predicted octanol–water partition coefficient (Wildman–Crippen LogP) is 3.98. The molecule has 1 saturated carbocycles. The van der Waals surface area contributed by atoms with E-state index >= 15 is 0 Å². The Kier molecular flexibility index (Phi) is 5.66. The number of hydrogen-bond donors (Lipinski definition) is 1. The number of hydrogen-bond acceptors (Lipinski definition) is 1. The van der Waals surface area contributed by atoms with Crippen molar-refractivity contribution in [1.82, 2.24) is 5.32 Å². The molecule has 1 aliphatic rings. The molecule has 0 aliphatic heterocycles. The summed E-state index contributed by atoms with van der Waals surface area (Å²) in [6, 6.07) is 0. The third-order valence-electron chi connectivity index (χ3n) is 4.66. The van der Waals surface area contributed by atoms with Crippen LogP contribution in [0.15, 0.2) is 0 Å². The zero-order chi connectivity index (χ0) is 11.1. The maximum Gasteiger partial charge on any atom is 0.000725 e. The van der Waals surface area contributed by atoms with Crippen LogP contribution in [0.2, 0.25) is 0 Å². The lowest BCUT2D eigenvalue weighted by atomic mass is 9.68. The molecule has 0 aromatic carbocycles. The molecular weight excluding hydrogens is 182 g/mol. The maximum absolute atomic E-state index is 3.43. The Morgan fingerprint density at radius 2 is 1.53 bits per heavy atom. The zero-order valence-corrected chi connectivity index (χ0v) is 10.9. The van der Waals surface area contributed by atoms with E-state index in [1.807, 2.05) is 0 Å². The van der Waals surface area contributed by atoms with Crippen LogP contribution in [0.1, 0.15) is 65.2 Å². The molecule has 0 aromatic rings. The maximum atomic E-state index is 3.43. The molecule has 1 aliphatic carbocycles. The molecule has 0 amide bonds. The second kappa shape index (κ2) is 6.52. The van der Waals surface area contributed by atoms with Crippen molar-refractivity contribution in [1.29, 1.82) is 0 Å². The Bertz CT molecular complexity index is 153. The van der Waals surface area contributed by atoms with Crippen LogP contribution in [0.3, 0.4) is 0 Å². The molecule has 90 valence electrons. The van der Waals surface area contributed by atoms with Gasteiger partial charge in [0.2, 0.25) is 0 Å². The first-order valence-electron chi connectivity index (χ1n) is 6.93. The van der Waals surface area contributed by atoms with Gasteiger partial charge in [-0.25, -0.2) is 0 Å². The first-order chi connectivity index (χ1) is 7.29. The predicted molar refractivity (Wildman–Crippen MR) is 68.1 cm³/mol. The fraction of sp³-hybridized carbons (Fsp3) is 1.00. The molecule has 1 rings (SSSR count). The summed E-state index contributed by atoms with van der Waals surface area (Å²) < 4.78 is 0. The molecule has 0 saturated heterocycles. The Labute approximate surface area is 96.0 Å². The average molecular weight is 211 g/mol. The van der Waals surface area contributed by atoms with Crippen molar-refractivity contribution >= 4 is 0 Å². The second-order valence-electron chi connectivity index (χ2n) is 5.29. The molecule has 0 atom stereocenters. The molecule has 0 heterocycles. The van der Waals surface area contributed by atoms with Gasteiger partial charge in [-0.05, 0) is 44.1 Å². The van der Waals surface area contributed by atoms with Crippen molar-refractivity contribution in [2.75, 3.05) is 13.6 Å². The smallest absolute Gasteiger partial charge is 0.000725 e. The van der Waals surface area contributed by atoms with Gasteiger partial charge in [0, 0.05) is 6.54 Å². The fourth-order valence-corrected chi connectivity index (χ4v) is 3.47. The van der Waals surface area contributed by atoms with Gasteiger partial charge < -0.3 is 5.32 Å². The lowest BCUT2D eigenvalue weighted by Gasteiger charge is -2.39. The Balaban J connectivity index is 2.66. The normalized spacial score (nSPS) is 20.2. The minimum absolute atomic E-state index is 0.582. The Morgan fingerprint density at radius 3 is 1.93 bits per heavy atom. The Hall–Kier alpha value is -0.0400. The highest BCUT2D eigenvalue weighted by molar-refractivity contribution is 4.87. The molecule has 1 nitrogen and oxygen atoms in total. The van der Waals surface area contributed by atoms with E-state index in [-0.39, 0.29) is 0 Å². The third-order valence-corrected chi connectivity index (χ3v) is 4.66. The van der Waals surface area contributed by atoms with E-state index < -0.39 is 0 Å². The van der Waals surface area contributed by atoms with Crippen molar-refractivity contribution in [2.45, 2.75) is 65.2 Å². The standard InChI is InChI=1S/C14H29N/c1-4-14(5-2,12-15-3)13-10-8-6-7-9-11-13/h13,15H,4-12H2,1-3H3. The van der Waals surface area contributed by atoms with E-state index in [0.29, 0.717) is 5.41 Å². The minimum Gasteiger partial charge on any atom is -0.319 e. The zero-order valence-electron chi connectivity index (χ0n) is 10.9. The summed E-state index contributed by atoms with van der Waals surface area (Å²) in [6.45, 7) is 5.97. The molecule has 0 unspecified atom stereocenters. The summed E-state index contributed by atoms with van der Waals surface area (Å²) in [6.07, 6.45) is 11.5.